The van der Waals surface area contributed by atoms with E-state index in [4.69, 9.17) is 9.72 Å². The van der Waals surface area contributed by atoms with E-state index in [-0.39, 0.29) is 23.4 Å². The number of halogens is 1. The Balaban J connectivity index is 1.53. The van der Waals surface area contributed by atoms with Crippen LogP contribution in [0.2, 0.25) is 0 Å². The molecule has 0 saturated carbocycles. The average Bonchev–Trinajstić information content (AvgIpc) is 3.42. The van der Waals surface area contributed by atoms with Crippen LogP contribution in [0.1, 0.15) is 35.8 Å². The molecule has 1 amide bonds. The van der Waals surface area contributed by atoms with Gasteiger partial charge in [-0.15, -0.1) is 11.3 Å². The lowest BCUT2D eigenvalue weighted by Gasteiger charge is -2.25. The van der Waals surface area contributed by atoms with Gasteiger partial charge in [0.1, 0.15) is 10.6 Å². The molecule has 6 nitrogen and oxygen atoms in total. The lowest BCUT2D eigenvalue weighted by molar-refractivity contribution is -0.129. The van der Waals surface area contributed by atoms with Crippen LogP contribution in [0, 0.1) is 5.82 Å². The van der Waals surface area contributed by atoms with E-state index in [0.29, 0.717) is 42.4 Å². The Kier molecular flexibility index (Phi) is 6.05. The SMILES string of the molecule is CC(=O)N1CCc2c(sc3nc(SCc4ccc(F)cc4)n(C[C@H]4CCCO4)c(=O)c23)C1. The number of carbonyl (C=O) groups is 1. The highest BCUT2D eigenvalue weighted by Crippen LogP contribution is 2.34. The minimum Gasteiger partial charge on any atom is -0.376 e. The summed E-state index contributed by atoms with van der Waals surface area (Å²) in [4.78, 5) is 34.0. The summed E-state index contributed by atoms with van der Waals surface area (Å²) in [5, 5.41) is 1.35. The Morgan fingerprint density at radius 3 is 2.88 bits per heavy atom. The van der Waals surface area contributed by atoms with Crippen molar-refractivity contribution in [1.82, 2.24) is 14.5 Å². The first-order chi connectivity index (χ1) is 15.5. The van der Waals surface area contributed by atoms with Crippen molar-refractivity contribution in [3.05, 3.63) is 56.4 Å². The van der Waals surface area contributed by atoms with Crippen molar-refractivity contribution < 1.29 is 13.9 Å². The number of rotatable bonds is 5. The van der Waals surface area contributed by atoms with E-state index in [9.17, 15) is 14.0 Å². The molecule has 1 saturated heterocycles. The second-order valence-corrected chi connectivity index (χ2v) is 10.3. The van der Waals surface area contributed by atoms with Crippen LogP contribution < -0.4 is 5.56 Å². The summed E-state index contributed by atoms with van der Waals surface area (Å²) < 4.78 is 20.8. The van der Waals surface area contributed by atoms with Crippen molar-refractivity contribution in [3.8, 4) is 0 Å². The molecule has 0 radical (unpaired) electrons. The third kappa shape index (κ3) is 4.21. The van der Waals surface area contributed by atoms with Crippen molar-refractivity contribution in [3.63, 3.8) is 0 Å². The van der Waals surface area contributed by atoms with Gasteiger partial charge in [-0.3, -0.25) is 14.2 Å². The van der Waals surface area contributed by atoms with E-state index in [0.717, 1.165) is 40.3 Å². The molecule has 2 aliphatic heterocycles. The molecule has 1 atom stereocenters. The predicted octanol–water partition coefficient (Wildman–Crippen LogP) is 3.97. The van der Waals surface area contributed by atoms with Crippen LogP contribution in [0.5, 0.6) is 0 Å². The van der Waals surface area contributed by atoms with Gasteiger partial charge in [0.2, 0.25) is 5.91 Å². The maximum atomic E-state index is 13.7. The van der Waals surface area contributed by atoms with Crippen molar-refractivity contribution >= 4 is 39.2 Å². The number of thiophene rings is 1. The molecule has 1 aromatic carbocycles. The molecule has 32 heavy (non-hydrogen) atoms. The zero-order valence-electron chi connectivity index (χ0n) is 17.8. The van der Waals surface area contributed by atoms with Gasteiger partial charge in [0.25, 0.3) is 5.56 Å². The zero-order chi connectivity index (χ0) is 22.2. The summed E-state index contributed by atoms with van der Waals surface area (Å²) in [6, 6.07) is 6.40. The first-order valence-electron chi connectivity index (χ1n) is 10.8. The molecule has 2 aliphatic rings. The van der Waals surface area contributed by atoms with Crippen LogP contribution in [-0.4, -0.2) is 39.6 Å². The molecule has 5 rings (SSSR count). The third-order valence-electron chi connectivity index (χ3n) is 6.06. The van der Waals surface area contributed by atoms with Gasteiger partial charge in [0.05, 0.1) is 24.6 Å². The minimum absolute atomic E-state index is 0.0137. The molecule has 0 aliphatic carbocycles. The zero-order valence-corrected chi connectivity index (χ0v) is 19.4. The molecule has 168 valence electrons. The van der Waals surface area contributed by atoms with Crippen LogP contribution >= 0.6 is 23.1 Å². The van der Waals surface area contributed by atoms with Crippen molar-refractivity contribution in [2.75, 3.05) is 13.2 Å². The topological polar surface area (TPSA) is 64.4 Å². The van der Waals surface area contributed by atoms with Crippen LogP contribution in [0.15, 0.2) is 34.2 Å². The van der Waals surface area contributed by atoms with Gasteiger partial charge in [0.15, 0.2) is 5.16 Å². The van der Waals surface area contributed by atoms with Gasteiger partial charge in [-0.2, -0.15) is 0 Å². The lowest BCUT2D eigenvalue weighted by atomic mass is 10.1. The largest absolute Gasteiger partial charge is 0.376 e. The van der Waals surface area contributed by atoms with E-state index in [1.165, 1.54) is 35.2 Å². The number of thioether (sulfide) groups is 1. The summed E-state index contributed by atoms with van der Waals surface area (Å²) in [7, 11) is 0. The summed E-state index contributed by atoms with van der Waals surface area (Å²) >= 11 is 3.00. The third-order valence-corrected chi connectivity index (χ3v) is 8.22. The molecule has 0 bridgehead atoms. The number of fused-ring (bicyclic) bond motifs is 3. The number of hydrogen-bond acceptors (Lipinski definition) is 6. The van der Waals surface area contributed by atoms with Crippen molar-refractivity contribution in [1.29, 1.82) is 0 Å². The fourth-order valence-electron chi connectivity index (χ4n) is 4.32. The molecule has 1 fully saturated rings. The van der Waals surface area contributed by atoms with E-state index in [1.807, 2.05) is 4.90 Å². The highest BCUT2D eigenvalue weighted by molar-refractivity contribution is 7.98. The fraction of sp³-hybridized carbons (Fsp3) is 0.435. The Labute approximate surface area is 193 Å². The van der Waals surface area contributed by atoms with Crippen LogP contribution in [0.3, 0.4) is 0 Å². The van der Waals surface area contributed by atoms with Crippen LogP contribution in [-0.2, 0) is 34.8 Å². The second-order valence-electron chi connectivity index (χ2n) is 8.23. The summed E-state index contributed by atoms with van der Waals surface area (Å²) in [5.41, 5.74) is 1.98. The predicted molar refractivity (Wildman–Crippen MR) is 124 cm³/mol. The number of benzene rings is 1. The number of hydrogen-bond donors (Lipinski definition) is 0. The van der Waals surface area contributed by atoms with E-state index in [1.54, 1.807) is 23.6 Å². The van der Waals surface area contributed by atoms with Gasteiger partial charge in [-0.25, -0.2) is 9.37 Å². The quantitative estimate of drug-likeness (QED) is 0.414. The maximum absolute atomic E-state index is 13.7. The van der Waals surface area contributed by atoms with E-state index < -0.39 is 0 Å². The Bertz CT molecular complexity index is 1220. The number of aromatic nitrogens is 2. The average molecular weight is 474 g/mol. The molecule has 0 spiro atoms. The second kappa shape index (κ2) is 8.96. The van der Waals surface area contributed by atoms with Gasteiger partial charge >= 0.3 is 0 Å². The van der Waals surface area contributed by atoms with E-state index >= 15 is 0 Å². The standard InChI is InChI=1S/C23H24FN3O3S2/c1-14(28)26-9-8-18-19(12-26)32-21-20(18)22(29)27(11-17-3-2-10-30-17)23(25-21)31-13-15-4-6-16(24)7-5-15/h4-7,17H,2-3,8-13H2,1H3/t17-/m1/s1. The molecule has 2 aromatic heterocycles. The van der Waals surface area contributed by atoms with Crippen LogP contribution in [0.4, 0.5) is 4.39 Å². The smallest absolute Gasteiger partial charge is 0.263 e. The molecule has 9 heteroatoms. The normalized spacial score (nSPS) is 18.3. The summed E-state index contributed by atoms with van der Waals surface area (Å²) in [5.74, 6) is 0.372. The van der Waals surface area contributed by atoms with Crippen LogP contribution in [0.25, 0.3) is 10.2 Å². The fourth-order valence-corrected chi connectivity index (χ4v) is 6.56. The number of nitrogens with zero attached hydrogens (tertiary/aromatic N) is 3. The molecular weight excluding hydrogens is 449 g/mol. The Morgan fingerprint density at radius 1 is 1.34 bits per heavy atom. The molecule has 4 heterocycles. The van der Waals surface area contributed by atoms with Gasteiger partial charge in [0, 0.05) is 30.7 Å². The summed E-state index contributed by atoms with van der Waals surface area (Å²) in [6.45, 7) is 3.95. The Hall–Kier alpha value is -2.23. The first-order valence-corrected chi connectivity index (χ1v) is 12.6. The highest BCUT2D eigenvalue weighted by atomic mass is 32.2. The lowest BCUT2D eigenvalue weighted by Crippen LogP contribution is -2.34. The molecule has 0 N–H and O–H groups in total. The van der Waals surface area contributed by atoms with Gasteiger partial charge < -0.3 is 9.64 Å². The first kappa shape index (κ1) is 21.6. The number of amides is 1. The molecule has 0 unspecified atom stereocenters. The maximum Gasteiger partial charge on any atom is 0.263 e. The van der Waals surface area contributed by atoms with Gasteiger partial charge in [-0.1, -0.05) is 23.9 Å². The number of carbonyl (C=O) groups excluding carboxylic acids is 1. The van der Waals surface area contributed by atoms with Crippen molar-refractivity contribution in [2.24, 2.45) is 0 Å². The van der Waals surface area contributed by atoms with Crippen molar-refractivity contribution in [2.45, 2.75) is 56.3 Å². The monoisotopic (exact) mass is 473 g/mol. The van der Waals surface area contributed by atoms with E-state index in [2.05, 4.69) is 0 Å². The highest BCUT2D eigenvalue weighted by Gasteiger charge is 2.27. The molecular formula is C23H24FN3O3S2. The molecule has 3 aromatic rings. The Morgan fingerprint density at radius 2 is 2.16 bits per heavy atom. The minimum atomic E-state index is -0.266. The number of ether oxygens (including phenoxy) is 1. The van der Waals surface area contributed by atoms with Gasteiger partial charge in [-0.05, 0) is 42.5 Å². The summed E-state index contributed by atoms with van der Waals surface area (Å²) in [6.07, 6.45) is 2.62.